The summed E-state index contributed by atoms with van der Waals surface area (Å²) in [5, 5.41) is 0. The highest BCUT2D eigenvalue weighted by molar-refractivity contribution is 5.76. The molecule has 0 N–H and O–H groups in total. The first-order valence-electron chi connectivity index (χ1n) is 9.80. The van der Waals surface area contributed by atoms with Gasteiger partial charge in [-0.1, -0.05) is 37.8 Å². The number of ether oxygens (including phenoxy) is 2. The second-order valence-corrected chi connectivity index (χ2v) is 7.47. The number of rotatable bonds is 8. The summed E-state index contributed by atoms with van der Waals surface area (Å²) in [6.45, 7) is 2.50. The fourth-order valence-corrected chi connectivity index (χ4v) is 4.15. The quantitative estimate of drug-likeness (QED) is 0.706. The Hall–Kier alpha value is -1.71. The van der Waals surface area contributed by atoms with Crippen LogP contribution in [-0.2, 0) is 4.79 Å². The van der Waals surface area contributed by atoms with E-state index in [4.69, 9.17) is 9.47 Å². The normalized spacial score (nSPS) is 20.8. The third-order valence-corrected chi connectivity index (χ3v) is 5.73. The molecule has 1 aliphatic carbocycles. The lowest BCUT2D eigenvalue weighted by Crippen LogP contribution is -2.29. The van der Waals surface area contributed by atoms with Gasteiger partial charge in [0.2, 0.25) is 5.91 Å². The molecule has 1 aromatic carbocycles. The van der Waals surface area contributed by atoms with Crippen molar-refractivity contribution in [2.45, 2.75) is 51.4 Å². The number of para-hydroxylation sites is 2. The molecular formula is C21H31NO3. The number of amides is 1. The summed E-state index contributed by atoms with van der Waals surface area (Å²) in [7, 11) is 1.66. The standard InChI is InChI=1S/C21H31NO3/c1-24-19-8-4-5-9-20(19)25-15-13-18-12-14-22(16-18)21(23)11-10-17-6-2-3-7-17/h4-5,8-9,17-18H,2-3,6-7,10-16H2,1H3/t18-/m1/s1. The fraction of sp³-hybridized carbons (Fsp3) is 0.667. The Morgan fingerprint density at radius 1 is 1.08 bits per heavy atom. The molecule has 0 aromatic heterocycles. The number of benzene rings is 1. The van der Waals surface area contributed by atoms with Crippen molar-refractivity contribution in [3.8, 4) is 11.5 Å². The molecule has 1 aliphatic heterocycles. The summed E-state index contributed by atoms with van der Waals surface area (Å²) in [6, 6.07) is 7.75. The first kappa shape index (κ1) is 18.1. The van der Waals surface area contributed by atoms with Crippen LogP contribution in [0.3, 0.4) is 0 Å². The molecule has 0 unspecified atom stereocenters. The maximum atomic E-state index is 12.4. The molecule has 1 saturated carbocycles. The molecule has 1 aromatic rings. The van der Waals surface area contributed by atoms with Crippen LogP contribution in [0.1, 0.15) is 51.4 Å². The molecule has 3 rings (SSSR count). The summed E-state index contributed by atoms with van der Waals surface area (Å²) in [5.41, 5.74) is 0. The first-order chi connectivity index (χ1) is 12.3. The average Bonchev–Trinajstić information content (AvgIpc) is 3.32. The summed E-state index contributed by atoms with van der Waals surface area (Å²) in [6.07, 6.45) is 9.31. The number of carbonyl (C=O) groups is 1. The number of hydrogen-bond acceptors (Lipinski definition) is 3. The fourth-order valence-electron chi connectivity index (χ4n) is 4.15. The predicted molar refractivity (Wildman–Crippen MR) is 99.0 cm³/mol. The molecule has 4 nitrogen and oxygen atoms in total. The van der Waals surface area contributed by atoms with Crippen LogP contribution in [0.15, 0.2) is 24.3 Å². The summed E-state index contributed by atoms with van der Waals surface area (Å²) >= 11 is 0. The molecule has 25 heavy (non-hydrogen) atoms. The van der Waals surface area contributed by atoms with E-state index < -0.39 is 0 Å². The first-order valence-corrected chi connectivity index (χ1v) is 9.80. The van der Waals surface area contributed by atoms with Gasteiger partial charge in [0, 0.05) is 19.5 Å². The maximum absolute atomic E-state index is 12.4. The van der Waals surface area contributed by atoms with E-state index in [1.165, 1.54) is 25.7 Å². The van der Waals surface area contributed by atoms with Crippen molar-refractivity contribution in [2.75, 3.05) is 26.8 Å². The molecule has 0 bridgehead atoms. The molecule has 2 aliphatic rings. The van der Waals surface area contributed by atoms with Gasteiger partial charge in [-0.3, -0.25) is 4.79 Å². The molecule has 1 atom stereocenters. The van der Waals surface area contributed by atoms with E-state index in [9.17, 15) is 4.79 Å². The van der Waals surface area contributed by atoms with Crippen LogP contribution in [-0.4, -0.2) is 37.6 Å². The molecule has 1 amide bonds. The Morgan fingerprint density at radius 3 is 2.60 bits per heavy atom. The van der Waals surface area contributed by atoms with E-state index in [2.05, 4.69) is 4.90 Å². The van der Waals surface area contributed by atoms with Crippen molar-refractivity contribution < 1.29 is 14.3 Å². The molecule has 0 spiro atoms. The van der Waals surface area contributed by atoms with Gasteiger partial charge in [0.25, 0.3) is 0 Å². The largest absolute Gasteiger partial charge is 0.493 e. The minimum absolute atomic E-state index is 0.361. The van der Waals surface area contributed by atoms with Crippen molar-refractivity contribution in [3.63, 3.8) is 0 Å². The summed E-state index contributed by atoms with van der Waals surface area (Å²) < 4.78 is 11.2. The van der Waals surface area contributed by atoms with Gasteiger partial charge in [0.15, 0.2) is 11.5 Å². The highest BCUT2D eigenvalue weighted by Gasteiger charge is 2.26. The van der Waals surface area contributed by atoms with Crippen LogP contribution in [0.5, 0.6) is 11.5 Å². The SMILES string of the molecule is COc1ccccc1OCC[C@H]1CCN(C(=O)CCC2CCCC2)C1. The van der Waals surface area contributed by atoms with Crippen LogP contribution in [0, 0.1) is 11.8 Å². The molecule has 2 fully saturated rings. The van der Waals surface area contributed by atoms with Gasteiger partial charge in [0.1, 0.15) is 0 Å². The highest BCUT2D eigenvalue weighted by Crippen LogP contribution is 2.30. The minimum atomic E-state index is 0.361. The van der Waals surface area contributed by atoms with Crippen LogP contribution >= 0.6 is 0 Å². The van der Waals surface area contributed by atoms with Crippen molar-refractivity contribution >= 4 is 5.91 Å². The van der Waals surface area contributed by atoms with E-state index in [-0.39, 0.29) is 0 Å². The third-order valence-electron chi connectivity index (χ3n) is 5.73. The number of likely N-dealkylation sites (tertiary alicyclic amines) is 1. The van der Waals surface area contributed by atoms with Gasteiger partial charge >= 0.3 is 0 Å². The molecule has 4 heteroatoms. The number of hydrogen-bond donors (Lipinski definition) is 0. The zero-order chi connectivity index (χ0) is 17.5. The van der Waals surface area contributed by atoms with Gasteiger partial charge in [0.05, 0.1) is 13.7 Å². The van der Waals surface area contributed by atoms with Crippen LogP contribution < -0.4 is 9.47 Å². The Labute approximate surface area is 151 Å². The van der Waals surface area contributed by atoms with Crippen LogP contribution in [0.25, 0.3) is 0 Å². The Kier molecular flexibility index (Phi) is 6.60. The van der Waals surface area contributed by atoms with E-state index in [1.807, 2.05) is 24.3 Å². The van der Waals surface area contributed by atoms with Gasteiger partial charge in [-0.2, -0.15) is 0 Å². The van der Waals surface area contributed by atoms with Crippen molar-refractivity contribution in [2.24, 2.45) is 11.8 Å². The van der Waals surface area contributed by atoms with Gasteiger partial charge in [-0.05, 0) is 43.2 Å². The van der Waals surface area contributed by atoms with Crippen molar-refractivity contribution in [1.29, 1.82) is 0 Å². The van der Waals surface area contributed by atoms with Gasteiger partial charge in [-0.15, -0.1) is 0 Å². The number of nitrogens with zero attached hydrogens (tertiary/aromatic N) is 1. The zero-order valence-electron chi connectivity index (χ0n) is 15.4. The third kappa shape index (κ3) is 5.13. The van der Waals surface area contributed by atoms with Gasteiger partial charge < -0.3 is 14.4 Å². The number of methoxy groups -OCH3 is 1. The maximum Gasteiger partial charge on any atom is 0.222 e. The van der Waals surface area contributed by atoms with E-state index in [0.29, 0.717) is 18.4 Å². The lowest BCUT2D eigenvalue weighted by Gasteiger charge is -2.18. The zero-order valence-corrected chi connectivity index (χ0v) is 15.4. The van der Waals surface area contributed by atoms with Crippen molar-refractivity contribution in [1.82, 2.24) is 4.90 Å². The monoisotopic (exact) mass is 345 g/mol. The summed E-state index contributed by atoms with van der Waals surface area (Å²) in [5.74, 6) is 3.30. The Balaban J connectivity index is 1.35. The summed E-state index contributed by atoms with van der Waals surface area (Å²) in [4.78, 5) is 14.5. The van der Waals surface area contributed by atoms with Crippen LogP contribution in [0.4, 0.5) is 0 Å². The van der Waals surface area contributed by atoms with E-state index >= 15 is 0 Å². The lowest BCUT2D eigenvalue weighted by molar-refractivity contribution is -0.130. The second kappa shape index (κ2) is 9.12. The molecule has 1 saturated heterocycles. The molecule has 0 radical (unpaired) electrons. The lowest BCUT2D eigenvalue weighted by atomic mass is 10.0. The number of carbonyl (C=O) groups excluding carboxylic acids is 1. The molecule has 138 valence electrons. The smallest absolute Gasteiger partial charge is 0.222 e. The Bertz CT molecular complexity index is 554. The molecule has 1 heterocycles. The topological polar surface area (TPSA) is 38.8 Å². The van der Waals surface area contributed by atoms with E-state index in [0.717, 1.165) is 56.2 Å². The predicted octanol–water partition coefficient (Wildman–Crippen LogP) is 4.28. The second-order valence-electron chi connectivity index (χ2n) is 7.47. The van der Waals surface area contributed by atoms with Crippen LogP contribution in [0.2, 0.25) is 0 Å². The van der Waals surface area contributed by atoms with Crippen molar-refractivity contribution in [3.05, 3.63) is 24.3 Å². The highest BCUT2D eigenvalue weighted by atomic mass is 16.5. The molecular weight excluding hydrogens is 314 g/mol. The Morgan fingerprint density at radius 2 is 1.84 bits per heavy atom. The van der Waals surface area contributed by atoms with E-state index in [1.54, 1.807) is 7.11 Å². The average molecular weight is 345 g/mol. The van der Waals surface area contributed by atoms with Gasteiger partial charge in [-0.25, -0.2) is 0 Å². The minimum Gasteiger partial charge on any atom is -0.493 e.